The minimum Gasteiger partial charge on any atom is -0.497 e. The van der Waals surface area contributed by atoms with Crippen LogP contribution in [0.4, 0.5) is 5.88 Å². The Morgan fingerprint density at radius 1 is 1.26 bits per heavy atom. The molecule has 1 aromatic heterocycles. The lowest BCUT2D eigenvalue weighted by Crippen LogP contribution is -2.28. The first-order chi connectivity index (χ1) is 11.2. The highest BCUT2D eigenvalue weighted by Crippen LogP contribution is 2.33. The van der Waals surface area contributed by atoms with Crippen molar-refractivity contribution in [3.8, 4) is 16.9 Å². The Bertz CT molecular complexity index is 672. The highest BCUT2D eigenvalue weighted by molar-refractivity contribution is 5.95. The molecule has 0 spiro atoms. The van der Waals surface area contributed by atoms with Crippen molar-refractivity contribution in [1.29, 1.82) is 0 Å². The first-order valence-electron chi connectivity index (χ1n) is 7.68. The van der Waals surface area contributed by atoms with Gasteiger partial charge < -0.3 is 14.0 Å². The number of aryl methyl sites for hydroxylation is 1. The fourth-order valence-corrected chi connectivity index (χ4v) is 2.73. The van der Waals surface area contributed by atoms with Crippen LogP contribution in [-0.2, 0) is 9.53 Å². The molecule has 6 heteroatoms. The fraction of sp³-hybridized carbons (Fsp3) is 0.412. The maximum absolute atomic E-state index is 12.4. The molecule has 0 unspecified atom stereocenters. The number of nitrogens with one attached hydrogen (secondary N) is 1. The number of ether oxygens (including phenoxy) is 2. The largest absolute Gasteiger partial charge is 0.497 e. The van der Waals surface area contributed by atoms with Crippen molar-refractivity contribution in [2.24, 2.45) is 5.92 Å². The molecule has 0 atom stereocenters. The van der Waals surface area contributed by atoms with Gasteiger partial charge in [-0.2, -0.15) is 0 Å². The third-order valence-corrected chi connectivity index (χ3v) is 4.07. The normalized spacial score (nSPS) is 15.4. The first kappa shape index (κ1) is 15.6. The molecule has 1 saturated heterocycles. The lowest BCUT2D eigenvalue weighted by molar-refractivity contribution is -0.122. The van der Waals surface area contributed by atoms with E-state index in [1.807, 2.05) is 31.2 Å². The Morgan fingerprint density at radius 2 is 1.96 bits per heavy atom. The third kappa shape index (κ3) is 3.37. The SMILES string of the molecule is COc1ccc(-c2c(C)noc2NC(=O)C2CCOCC2)cc1. The van der Waals surface area contributed by atoms with Gasteiger partial charge in [0.1, 0.15) is 5.75 Å². The molecule has 2 heterocycles. The maximum atomic E-state index is 12.4. The summed E-state index contributed by atoms with van der Waals surface area (Å²) in [5.41, 5.74) is 2.46. The number of hydrogen-bond donors (Lipinski definition) is 1. The number of aromatic nitrogens is 1. The van der Waals surface area contributed by atoms with Crippen LogP contribution < -0.4 is 10.1 Å². The minimum absolute atomic E-state index is 0.0424. The van der Waals surface area contributed by atoms with Crippen LogP contribution in [0.25, 0.3) is 11.1 Å². The van der Waals surface area contributed by atoms with E-state index in [4.69, 9.17) is 14.0 Å². The lowest BCUT2D eigenvalue weighted by Gasteiger charge is -2.20. The number of benzene rings is 1. The summed E-state index contributed by atoms with van der Waals surface area (Å²) in [5.74, 6) is 1.08. The van der Waals surface area contributed by atoms with Gasteiger partial charge in [-0.15, -0.1) is 0 Å². The van der Waals surface area contributed by atoms with Crippen LogP contribution in [0.5, 0.6) is 5.75 Å². The lowest BCUT2D eigenvalue weighted by atomic mass is 9.99. The fourth-order valence-electron chi connectivity index (χ4n) is 2.73. The predicted octanol–water partition coefficient (Wildman–Crippen LogP) is 3.02. The molecule has 0 radical (unpaired) electrons. The standard InChI is InChI=1S/C17H20N2O4/c1-11-15(12-3-5-14(21-2)6-4-12)17(23-19-11)18-16(20)13-7-9-22-10-8-13/h3-6,13H,7-10H2,1-2H3,(H,18,20). The van der Waals surface area contributed by atoms with Crippen molar-refractivity contribution < 1.29 is 18.8 Å². The number of anilines is 1. The van der Waals surface area contributed by atoms with Crippen molar-refractivity contribution in [3.05, 3.63) is 30.0 Å². The van der Waals surface area contributed by atoms with Crippen molar-refractivity contribution in [1.82, 2.24) is 5.16 Å². The second-order valence-electron chi connectivity index (χ2n) is 5.58. The van der Waals surface area contributed by atoms with E-state index in [0.717, 1.165) is 35.4 Å². The summed E-state index contributed by atoms with van der Waals surface area (Å²) in [6.07, 6.45) is 1.47. The summed E-state index contributed by atoms with van der Waals surface area (Å²) in [4.78, 5) is 12.4. The van der Waals surface area contributed by atoms with Gasteiger partial charge in [-0.25, -0.2) is 0 Å². The summed E-state index contributed by atoms with van der Waals surface area (Å²) < 4.78 is 15.8. The predicted molar refractivity (Wildman–Crippen MR) is 85.4 cm³/mol. The van der Waals surface area contributed by atoms with Crippen LogP contribution in [0.3, 0.4) is 0 Å². The van der Waals surface area contributed by atoms with E-state index in [-0.39, 0.29) is 11.8 Å². The Balaban J connectivity index is 1.81. The molecule has 122 valence electrons. The summed E-state index contributed by atoms with van der Waals surface area (Å²) in [6, 6.07) is 7.57. The van der Waals surface area contributed by atoms with Crippen LogP contribution in [0.1, 0.15) is 18.5 Å². The van der Waals surface area contributed by atoms with Crippen LogP contribution in [0.15, 0.2) is 28.8 Å². The molecule has 1 fully saturated rings. The number of rotatable bonds is 4. The molecular formula is C17H20N2O4. The highest BCUT2D eigenvalue weighted by Gasteiger charge is 2.24. The van der Waals surface area contributed by atoms with Gasteiger partial charge in [0.2, 0.25) is 11.8 Å². The average molecular weight is 316 g/mol. The molecular weight excluding hydrogens is 296 g/mol. The second kappa shape index (κ2) is 6.83. The zero-order chi connectivity index (χ0) is 16.2. The molecule has 0 saturated carbocycles. The molecule has 2 aromatic rings. The smallest absolute Gasteiger partial charge is 0.239 e. The van der Waals surface area contributed by atoms with Gasteiger partial charge in [-0.05, 0) is 37.5 Å². The molecule has 1 aromatic carbocycles. The molecule has 6 nitrogen and oxygen atoms in total. The zero-order valence-corrected chi connectivity index (χ0v) is 13.3. The van der Waals surface area contributed by atoms with E-state index in [1.54, 1.807) is 7.11 Å². The quantitative estimate of drug-likeness (QED) is 0.938. The molecule has 0 aliphatic carbocycles. The van der Waals surface area contributed by atoms with Gasteiger partial charge in [0, 0.05) is 19.1 Å². The Labute approximate surface area is 134 Å². The number of nitrogens with zero attached hydrogens (tertiary/aromatic N) is 1. The van der Waals surface area contributed by atoms with Gasteiger partial charge in [-0.3, -0.25) is 10.1 Å². The minimum atomic E-state index is -0.0436. The van der Waals surface area contributed by atoms with Gasteiger partial charge in [-0.1, -0.05) is 17.3 Å². The topological polar surface area (TPSA) is 73.6 Å². The van der Waals surface area contributed by atoms with E-state index in [1.165, 1.54) is 0 Å². The van der Waals surface area contributed by atoms with E-state index < -0.39 is 0 Å². The van der Waals surface area contributed by atoms with Crippen LogP contribution in [-0.4, -0.2) is 31.4 Å². The van der Waals surface area contributed by atoms with Gasteiger partial charge >= 0.3 is 0 Å². The zero-order valence-electron chi connectivity index (χ0n) is 13.3. The van der Waals surface area contributed by atoms with E-state index >= 15 is 0 Å². The Morgan fingerprint density at radius 3 is 2.61 bits per heavy atom. The summed E-state index contributed by atoms with van der Waals surface area (Å²) in [6.45, 7) is 3.10. The molecule has 23 heavy (non-hydrogen) atoms. The van der Waals surface area contributed by atoms with E-state index in [0.29, 0.717) is 19.1 Å². The molecule has 1 amide bonds. The van der Waals surface area contributed by atoms with Crippen molar-refractivity contribution in [2.75, 3.05) is 25.6 Å². The van der Waals surface area contributed by atoms with Gasteiger partial charge in [0.05, 0.1) is 18.4 Å². The van der Waals surface area contributed by atoms with Gasteiger partial charge in [0.15, 0.2) is 0 Å². The number of carbonyl (C=O) groups excluding carboxylic acids is 1. The number of amides is 1. The van der Waals surface area contributed by atoms with E-state index in [9.17, 15) is 4.79 Å². The second-order valence-corrected chi connectivity index (χ2v) is 5.58. The van der Waals surface area contributed by atoms with Crippen LogP contribution in [0.2, 0.25) is 0 Å². The van der Waals surface area contributed by atoms with Crippen LogP contribution in [0, 0.1) is 12.8 Å². The monoisotopic (exact) mass is 316 g/mol. The maximum Gasteiger partial charge on any atom is 0.239 e. The third-order valence-electron chi connectivity index (χ3n) is 4.07. The van der Waals surface area contributed by atoms with Crippen molar-refractivity contribution in [2.45, 2.75) is 19.8 Å². The first-order valence-corrected chi connectivity index (χ1v) is 7.68. The number of hydrogen-bond acceptors (Lipinski definition) is 5. The highest BCUT2D eigenvalue weighted by atomic mass is 16.5. The summed E-state index contributed by atoms with van der Waals surface area (Å²) in [7, 11) is 1.62. The van der Waals surface area contributed by atoms with E-state index in [2.05, 4.69) is 10.5 Å². The van der Waals surface area contributed by atoms with Crippen LogP contribution >= 0.6 is 0 Å². The molecule has 0 bridgehead atoms. The van der Waals surface area contributed by atoms with Crippen molar-refractivity contribution in [3.63, 3.8) is 0 Å². The Hall–Kier alpha value is -2.34. The Kier molecular flexibility index (Phi) is 4.62. The molecule has 1 aliphatic heterocycles. The van der Waals surface area contributed by atoms with Gasteiger partial charge in [0.25, 0.3) is 0 Å². The molecule has 1 N–H and O–H groups in total. The average Bonchev–Trinajstić information content (AvgIpc) is 2.96. The number of carbonyl (C=O) groups is 1. The molecule has 1 aliphatic rings. The summed E-state index contributed by atoms with van der Waals surface area (Å²) >= 11 is 0. The summed E-state index contributed by atoms with van der Waals surface area (Å²) in [5, 5.41) is 6.86. The van der Waals surface area contributed by atoms with Crippen molar-refractivity contribution >= 4 is 11.8 Å². The number of methoxy groups -OCH3 is 1. The molecule has 3 rings (SSSR count).